The normalized spacial score (nSPS) is 10.9. The number of aromatic amines is 1. The van der Waals surface area contributed by atoms with E-state index in [1.807, 2.05) is 57.2 Å². The van der Waals surface area contributed by atoms with Gasteiger partial charge in [-0.25, -0.2) is 4.98 Å². The summed E-state index contributed by atoms with van der Waals surface area (Å²) in [5.74, 6) is 0. The summed E-state index contributed by atoms with van der Waals surface area (Å²) in [6, 6.07) is 11.9. The fraction of sp³-hybridized carbons (Fsp3) is 0.176. The van der Waals surface area contributed by atoms with Crippen LogP contribution in [0.15, 0.2) is 41.2 Å². The zero-order valence-corrected chi connectivity index (χ0v) is 11.8. The Morgan fingerprint density at radius 1 is 0.950 bits per heavy atom. The monoisotopic (exact) mass is 264 g/mol. The first-order valence-electron chi connectivity index (χ1n) is 6.63. The predicted octanol–water partition coefficient (Wildman–Crippen LogP) is 3.52. The number of fused-ring (bicyclic) bond motifs is 1. The van der Waals surface area contributed by atoms with Crippen LogP contribution in [0.3, 0.4) is 0 Å². The van der Waals surface area contributed by atoms with Gasteiger partial charge in [0.1, 0.15) is 5.69 Å². The third-order valence-electron chi connectivity index (χ3n) is 3.47. The van der Waals surface area contributed by atoms with E-state index in [2.05, 4.69) is 9.97 Å². The van der Waals surface area contributed by atoms with Gasteiger partial charge in [0.2, 0.25) is 0 Å². The zero-order chi connectivity index (χ0) is 14.3. The standard InChI is InChI=1S/C17H16N2O/c1-10-4-6-13(7-5-10)16-17(20)19-15-12(3)8-11(2)9-14(15)18-16/h4-9H,1-3H3,(H,19,20). The maximum absolute atomic E-state index is 12.2. The van der Waals surface area contributed by atoms with E-state index in [0.29, 0.717) is 5.69 Å². The van der Waals surface area contributed by atoms with Crippen LogP contribution in [0.25, 0.3) is 22.3 Å². The number of nitrogens with zero attached hydrogens (tertiary/aromatic N) is 1. The Morgan fingerprint density at radius 3 is 2.35 bits per heavy atom. The molecule has 1 heterocycles. The Labute approximate surface area is 117 Å². The molecule has 0 atom stereocenters. The van der Waals surface area contributed by atoms with Gasteiger partial charge in [0.15, 0.2) is 0 Å². The molecule has 3 rings (SSSR count). The first kappa shape index (κ1) is 12.6. The van der Waals surface area contributed by atoms with Crippen LogP contribution < -0.4 is 5.56 Å². The van der Waals surface area contributed by atoms with Crippen LogP contribution in [-0.4, -0.2) is 9.97 Å². The van der Waals surface area contributed by atoms with Gasteiger partial charge in [-0.3, -0.25) is 4.79 Å². The molecule has 20 heavy (non-hydrogen) atoms. The second kappa shape index (κ2) is 4.60. The Kier molecular flexibility index (Phi) is 2.90. The number of benzene rings is 2. The summed E-state index contributed by atoms with van der Waals surface area (Å²) in [6.07, 6.45) is 0. The van der Waals surface area contributed by atoms with Gasteiger partial charge in [0, 0.05) is 5.56 Å². The lowest BCUT2D eigenvalue weighted by Gasteiger charge is -2.06. The number of rotatable bonds is 1. The summed E-state index contributed by atoms with van der Waals surface area (Å²) >= 11 is 0. The molecule has 3 aromatic rings. The van der Waals surface area contributed by atoms with Gasteiger partial charge < -0.3 is 4.98 Å². The maximum Gasteiger partial charge on any atom is 0.274 e. The van der Waals surface area contributed by atoms with Gasteiger partial charge in [0.05, 0.1) is 11.0 Å². The predicted molar refractivity (Wildman–Crippen MR) is 82.0 cm³/mol. The highest BCUT2D eigenvalue weighted by atomic mass is 16.1. The van der Waals surface area contributed by atoms with Crippen LogP contribution in [0.5, 0.6) is 0 Å². The minimum absolute atomic E-state index is 0.145. The third kappa shape index (κ3) is 2.11. The van der Waals surface area contributed by atoms with Gasteiger partial charge in [-0.2, -0.15) is 0 Å². The highest BCUT2D eigenvalue weighted by Crippen LogP contribution is 2.19. The first-order chi connectivity index (χ1) is 9.54. The van der Waals surface area contributed by atoms with Crippen molar-refractivity contribution in [3.63, 3.8) is 0 Å². The van der Waals surface area contributed by atoms with Gasteiger partial charge >= 0.3 is 0 Å². The van der Waals surface area contributed by atoms with Crippen molar-refractivity contribution in [2.24, 2.45) is 0 Å². The lowest BCUT2D eigenvalue weighted by molar-refractivity contribution is 1.20. The number of aryl methyl sites for hydroxylation is 3. The zero-order valence-electron chi connectivity index (χ0n) is 11.8. The lowest BCUT2D eigenvalue weighted by atomic mass is 10.1. The molecule has 0 amide bonds. The number of nitrogens with one attached hydrogen (secondary N) is 1. The summed E-state index contributed by atoms with van der Waals surface area (Å²) in [5.41, 5.74) is 6.17. The molecule has 0 aliphatic rings. The van der Waals surface area contributed by atoms with Crippen molar-refractivity contribution in [3.8, 4) is 11.3 Å². The van der Waals surface area contributed by atoms with Crippen molar-refractivity contribution in [3.05, 3.63) is 63.4 Å². The average molecular weight is 264 g/mol. The van der Waals surface area contributed by atoms with E-state index in [9.17, 15) is 4.79 Å². The van der Waals surface area contributed by atoms with E-state index in [1.54, 1.807) is 0 Å². The molecule has 0 bridgehead atoms. The molecule has 0 aliphatic heterocycles. The van der Waals surface area contributed by atoms with E-state index >= 15 is 0 Å². The molecular formula is C17H16N2O. The van der Waals surface area contributed by atoms with Crippen molar-refractivity contribution in [1.82, 2.24) is 9.97 Å². The Morgan fingerprint density at radius 2 is 1.65 bits per heavy atom. The molecule has 100 valence electrons. The molecule has 1 aromatic heterocycles. The Hall–Kier alpha value is -2.42. The molecule has 3 nitrogen and oxygen atoms in total. The molecule has 0 unspecified atom stereocenters. The first-order valence-corrected chi connectivity index (χ1v) is 6.63. The van der Waals surface area contributed by atoms with E-state index < -0.39 is 0 Å². The number of aromatic nitrogens is 2. The van der Waals surface area contributed by atoms with Gasteiger partial charge in [-0.05, 0) is 38.0 Å². The topological polar surface area (TPSA) is 45.8 Å². The highest BCUT2D eigenvalue weighted by Gasteiger charge is 2.09. The van der Waals surface area contributed by atoms with Crippen LogP contribution in [0, 0.1) is 20.8 Å². The quantitative estimate of drug-likeness (QED) is 0.731. The fourth-order valence-corrected chi connectivity index (χ4v) is 2.45. The molecular weight excluding hydrogens is 248 g/mol. The minimum atomic E-state index is -0.145. The van der Waals surface area contributed by atoms with E-state index in [0.717, 1.165) is 33.3 Å². The summed E-state index contributed by atoms with van der Waals surface area (Å²) in [6.45, 7) is 6.04. The van der Waals surface area contributed by atoms with E-state index in [4.69, 9.17) is 0 Å². The van der Waals surface area contributed by atoms with Crippen LogP contribution in [0.2, 0.25) is 0 Å². The van der Waals surface area contributed by atoms with Crippen molar-refractivity contribution in [2.45, 2.75) is 20.8 Å². The number of hydrogen-bond donors (Lipinski definition) is 1. The SMILES string of the molecule is Cc1ccc(-c2nc3cc(C)cc(C)c3[nH]c2=O)cc1. The van der Waals surface area contributed by atoms with Crippen LogP contribution in [0.4, 0.5) is 0 Å². The molecule has 1 N–H and O–H groups in total. The smallest absolute Gasteiger partial charge is 0.274 e. The minimum Gasteiger partial charge on any atom is -0.318 e. The highest BCUT2D eigenvalue weighted by molar-refractivity contribution is 5.80. The Bertz CT molecular complexity index is 845. The van der Waals surface area contributed by atoms with Crippen molar-refractivity contribution < 1.29 is 0 Å². The van der Waals surface area contributed by atoms with Gasteiger partial charge in [-0.15, -0.1) is 0 Å². The van der Waals surface area contributed by atoms with Crippen molar-refractivity contribution in [1.29, 1.82) is 0 Å². The summed E-state index contributed by atoms with van der Waals surface area (Å²) in [5, 5.41) is 0. The molecule has 2 aromatic carbocycles. The van der Waals surface area contributed by atoms with E-state index in [1.165, 1.54) is 0 Å². The van der Waals surface area contributed by atoms with Crippen LogP contribution in [-0.2, 0) is 0 Å². The molecule has 0 saturated heterocycles. The molecule has 0 spiro atoms. The maximum atomic E-state index is 12.2. The summed E-state index contributed by atoms with van der Waals surface area (Å²) in [4.78, 5) is 19.7. The number of H-pyrrole nitrogens is 1. The lowest BCUT2D eigenvalue weighted by Crippen LogP contribution is -2.12. The largest absolute Gasteiger partial charge is 0.318 e. The molecule has 3 heteroatoms. The van der Waals surface area contributed by atoms with Gasteiger partial charge in [0.25, 0.3) is 5.56 Å². The second-order valence-corrected chi connectivity index (χ2v) is 5.26. The van der Waals surface area contributed by atoms with Crippen molar-refractivity contribution >= 4 is 11.0 Å². The summed E-state index contributed by atoms with van der Waals surface area (Å²) < 4.78 is 0. The average Bonchev–Trinajstić information content (AvgIpc) is 2.40. The molecule has 0 radical (unpaired) electrons. The fourth-order valence-electron chi connectivity index (χ4n) is 2.45. The third-order valence-corrected chi connectivity index (χ3v) is 3.47. The molecule has 0 aliphatic carbocycles. The van der Waals surface area contributed by atoms with Crippen molar-refractivity contribution in [2.75, 3.05) is 0 Å². The number of hydrogen-bond acceptors (Lipinski definition) is 2. The van der Waals surface area contributed by atoms with E-state index in [-0.39, 0.29) is 5.56 Å². The van der Waals surface area contributed by atoms with Crippen LogP contribution in [0.1, 0.15) is 16.7 Å². The van der Waals surface area contributed by atoms with Crippen LogP contribution >= 0.6 is 0 Å². The summed E-state index contributed by atoms with van der Waals surface area (Å²) in [7, 11) is 0. The Balaban J connectivity index is 2.29. The molecule has 0 fully saturated rings. The second-order valence-electron chi connectivity index (χ2n) is 5.26. The molecule has 0 saturated carbocycles. The van der Waals surface area contributed by atoms with Gasteiger partial charge in [-0.1, -0.05) is 35.9 Å².